The van der Waals surface area contributed by atoms with Gasteiger partial charge in [0, 0.05) is 0 Å². The van der Waals surface area contributed by atoms with Crippen molar-refractivity contribution in [2.24, 2.45) is 0 Å². The Bertz CT molecular complexity index is 326. The standard InChI is InChI=1S/C11H14FNO.ClH/c12-11(4-6-13-7-5-11)9-2-1-3-10(14)8-9;/h1-3,8,13-14H,4-7H2;1H. The fourth-order valence-corrected chi connectivity index (χ4v) is 1.90. The zero-order valence-corrected chi connectivity index (χ0v) is 9.19. The van der Waals surface area contributed by atoms with Gasteiger partial charge in [0.2, 0.25) is 0 Å². The highest BCUT2D eigenvalue weighted by Crippen LogP contribution is 2.35. The van der Waals surface area contributed by atoms with Crippen LogP contribution in [-0.4, -0.2) is 18.2 Å². The van der Waals surface area contributed by atoms with Crippen LogP contribution in [0.15, 0.2) is 24.3 Å². The summed E-state index contributed by atoms with van der Waals surface area (Å²) in [5, 5.41) is 12.4. The molecule has 0 bridgehead atoms. The van der Waals surface area contributed by atoms with Gasteiger partial charge in [-0.25, -0.2) is 4.39 Å². The van der Waals surface area contributed by atoms with E-state index in [0.29, 0.717) is 31.5 Å². The van der Waals surface area contributed by atoms with Crippen molar-refractivity contribution in [1.29, 1.82) is 0 Å². The molecule has 2 N–H and O–H groups in total. The van der Waals surface area contributed by atoms with Crippen LogP contribution in [0.25, 0.3) is 0 Å². The Balaban J connectivity index is 0.00000112. The van der Waals surface area contributed by atoms with Crippen molar-refractivity contribution in [2.45, 2.75) is 18.5 Å². The van der Waals surface area contributed by atoms with Gasteiger partial charge in [0.25, 0.3) is 0 Å². The second kappa shape index (κ2) is 4.81. The topological polar surface area (TPSA) is 32.3 Å². The average Bonchev–Trinajstić information content (AvgIpc) is 2.19. The summed E-state index contributed by atoms with van der Waals surface area (Å²) in [6.45, 7) is 1.40. The van der Waals surface area contributed by atoms with E-state index in [0.717, 1.165) is 0 Å². The summed E-state index contributed by atoms with van der Waals surface area (Å²) < 4.78 is 14.3. The Hall–Kier alpha value is -0.800. The zero-order chi connectivity index (χ0) is 10.0. The monoisotopic (exact) mass is 231 g/mol. The molecule has 0 aliphatic carbocycles. The maximum absolute atomic E-state index is 14.3. The van der Waals surface area contributed by atoms with E-state index in [1.165, 1.54) is 6.07 Å². The van der Waals surface area contributed by atoms with E-state index in [1.807, 2.05) is 0 Å². The van der Waals surface area contributed by atoms with Gasteiger partial charge in [0.05, 0.1) is 0 Å². The number of alkyl halides is 1. The van der Waals surface area contributed by atoms with Crippen LogP contribution < -0.4 is 5.32 Å². The summed E-state index contributed by atoms with van der Waals surface area (Å²) in [5.41, 5.74) is -0.664. The molecule has 0 atom stereocenters. The summed E-state index contributed by atoms with van der Waals surface area (Å²) in [7, 11) is 0. The normalized spacial score (nSPS) is 19.3. The van der Waals surface area contributed by atoms with Crippen molar-refractivity contribution in [3.05, 3.63) is 29.8 Å². The second-order valence-corrected chi connectivity index (χ2v) is 3.77. The van der Waals surface area contributed by atoms with E-state index in [4.69, 9.17) is 0 Å². The molecule has 1 heterocycles. The number of hydrogen-bond donors (Lipinski definition) is 2. The molecule has 1 aliphatic rings. The third-order valence-corrected chi connectivity index (χ3v) is 2.76. The van der Waals surface area contributed by atoms with Gasteiger partial charge in [-0.15, -0.1) is 12.4 Å². The fourth-order valence-electron chi connectivity index (χ4n) is 1.90. The van der Waals surface area contributed by atoms with Gasteiger partial charge in [-0.1, -0.05) is 12.1 Å². The number of hydrogen-bond acceptors (Lipinski definition) is 2. The van der Waals surface area contributed by atoms with Crippen molar-refractivity contribution in [3.63, 3.8) is 0 Å². The summed E-state index contributed by atoms with van der Waals surface area (Å²) in [6.07, 6.45) is 0.965. The zero-order valence-electron chi connectivity index (χ0n) is 8.37. The highest BCUT2D eigenvalue weighted by atomic mass is 35.5. The Morgan fingerprint density at radius 1 is 1.27 bits per heavy atom. The van der Waals surface area contributed by atoms with Crippen molar-refractivity contribution >= 4 is 12.4 Å². The third-order valence-electron chi connectivity index (χ3n) is 2.76. The lowest BCUT2D eigenvalue weighted by Crippen LogP contribution is -2.36. The molecule has 0 aromatic heterocycles. The van der Waals surface area contributed by atoms with Gasteiger partial charge in [0.1, 0.15) is 11.4 Å². The van der Waals surface area contributed by atoms with Crippen LogP contribution in [-0.2, 0) is 5.67 Å². The lowest BCUT2D eigenvalue weighted by Gasteiger charge is -2.30. The van der Waals surface area contributed by atoms with Crippen LogP contribution in [0.2, 0.25) is 0 Å². The minimum atomic E-state index is -1.26. The second-order valence-electron chi connectivity index (χ2n) is 3.77. The lowest BCUT2D eigenvalue weighted by molar-refractivity contribution is 0.115. The summed E-state index contributed by atoms with van der Waals surface area (Å²) >= 11 is 0. The van der Waals surface area contributed by atoms with Crippen LogP contribution in [0.4, 0.5) is 4.39 Å². The summed E-state index contributed by atoms with van der Waals surface area (Å²) in [4.78, 5) is 0. The highest BCUT2D eigenvalue weighted by molar-refractivity contribution is 5.85. The number of nitrogens with one attached hydrogen (secondary N) is 1. The van der Waals surface area contributed by atoms with E-state index < -0.39 is 5.67 Å². The van der Waals surface area contributed by atoms with Gasteiger partial charge < -0.3 is 10.4 Å². The first-order chi connectivity index (χ1) is 6.71. The van der Waals surface area contributed by atoms with E-state index in [1.54, 1.807) is 18.2 Å². The molecule has 1 aromatic rings. The van der Waals surface area contributed by atoms with Gasteiger partial charge >= 0.3 is 0 Å². The van der Waals surface area contributed by atoms with E-state index >= 15 is 0 Å². The van der Waals surface area contributed by atoms with Crippen molar-refractivity contribution < 1.29 is 9.50 Å². The molecule has 84 valence electrons. The maximum Gasteiger partial charge on any atom is 0.138 e. The largest absolute Gasteiger partial charge is 0.508 e. The third kappa shape index (κ3) is 2.61. The summed E-state index contributed by atoms with van der Waals surface area (Å²) in [6, 6.07) is 6.51. The minimum Gasteiger partial charge on any atom is -0.508 e. The Kier molecular flexibility index (Phi) is 3.94. The first kappa shape index (κ1) is 12.3. The van der Waals surface area contributed by atoms with Crippen LogP contribution in [0.1, 0.15) is 18.4 Å². The molecule has 0 amide bonds. The van der Waals surface area contributed by atoms with Crippen molar-refractivity contribution in [2.75, 3.05) is 13.1 Å². The van der Waals surface area contributed by atoms with E-state index in [-0.39, 0.29) is 18.2 Å². The quantitative estimate of drug-likeness (QED) is 0.778. The number of benzene rings is 1. The molecule has 0 saturated carbocycles. The molecule has 1 saturated heterocycles. The first-order valence-corrected chi connectivity index (χ1v) is 4.90. The lowest BCUT2D eigenvalue weighted by atomic mass is 9.87. The smallest absolute Gasteiger partial charge is 0.138 e. The van der Waals surface area contributed by atoms with Gasteiger partial charge in [-0.2, -0.15) is 0 Å². The van der Waals surface area contributed by atoms with E-state index in [2.05, 4.69) is 5.32 Å². The van der Waals surface area contributed by atoms with Gasteiger partial charge in [-0.3, -0.25) is 0 Å². The van der Waals surface area contributed by atoms with Gasteiger partial charge in [0.15, 0.2) is 0 Å². The van der Waals surface area contributed by atoms with Crippen molar-refractivity contribution in [3.8, 4) is 5.75 Å². The molecule has 1 aromatic carbocycles. The number of phenols is 1. The molecular weight excluding hydrogens is 217 g/mol. The van der Waals surface area contributed by atoms with Crippen LogP contribution in [0, 0.1) is 0 Å². The Morgan fingerprint density at radius 2 is 1.93 bits per heavy atom. The van der Waals surface area contributed by atoms with Crippen LogP contribution in [0.5, 0.6) is 5.75 Å². The molecule has 0 spiro atoms. The molecule has 4 heteroatoms. The number of rotatable bonds is 1. The molecular formula is C11H15ClFNO. The van der Waals surface area contributed by atoms with Crippen molar-refractivity contribution in [1.82, 2.24) is 5.32 Å². The van der Waals surface area contributed by atoms with Gasteiger partial charge in [-0.05, 0) is 43.6 Å². The van der Waals surface area contributed by atoms with Crippen LogP contribution >= 0.6 is 12.4 Å². The predicted octanol–water partition coefficient (Wildman–Crippen LogP) is 2.36. The number of aromatic hydroxyl groups is 1. The molecule has 2 rings (SSSR count). The molecule has 1 fully saturated rings. The SMILES string of the molecule is Cl.Oc1cccc(C2(F)CCNCC2)c1. The average molecular weight is 232 g/mol. The highest BCUT2D eigenvalue weighted by Gasteiger charge is 2.33. The molecule has 1 aliphatic heterocycles. The van der Waals surface area contributed by atoms with E-state index in [9.17, 15) is 9.50 Å². The molecule has 0 unspecified atom stereocenters. The number of phenolic OH excluding ortho intramolecular Hbond substituents is 1. The Morgan fingerprint density at radius 3 is 2.53 bits per heavy atom. The fraction of sp³-hybridized carbons (Fsp3) is 0.455. The first-order valence-electron chi connectivity index (χ1n) is 4.90. The summed E-state index contributed by atoms with van der Waals surface area (Å²) in [5.74, 6) is 0.137. The number of piperidine rings is 1. The Labute approximate surface area is 94.9 Å². The molecule has 2 nitrogen and oxygen atoms in total. The minimum absolute atomic E-state index is 0. The molecule has 15 heavy (non-hydrogen) atoms. The van der Waals surface area contributed by atoms with Crippen LogP contribution in [0.3, 0.4) is 0 Å². The predicted molar refractivity (Wildman–Crippen MR) is 60.2 cm³/mol. The maximum atomic E-state index is 14.3. The molecule has 0 radical (unpaired) electrons. The number of halogens is 2.